The van der Waals surface area contributed by atoms with E-state index in [-0.39, 0.29) is 12.0 Å². The summed E-state index contributed by atoms with van der Waals surface area (Å²) in [5.74, 6) is 1.29. The predicted octanol–water partition coefficient (Wildman–Crippen LogP) is 1.44. The quantitative estimate of drug-likeness (QED) is 0.710. The van der Waals surface area contributed by atoms with Crippen LogP contribution in [0.4, 0.5) is 0 Å². The second kappa shape index (κ2) is 3.50. The molecule has 2 rings (SSSR count). The Kier molecular flexibility index (Phi) is 2.36. The van der Waals surface area contributed by atoms with Gasteiger partial charge in [-0.1, -0.05) is 12.8 Å². The van der Waals surface area contributed by atoms with Gasteiger partial charge in [-0.15, -0.1) is 0 Å². The molecule has 1 aromatic rings. The van der Waals surface area contributed by atoms with Crippen LogP contribution in [0.25, 0.3) is 0 Å². The average molecular weight is 180 g/mol. The number of nitrogens with zero attached hydrogens (tertiary/aromatic N) is 2. The molecule has 13 heavy (non-hydrogen) atoms. The second-order valence-electron chi connectivity index (χ2n) is 3.85. The van der Waals surface area contributed by atoms with E-state index in [1.165, 1.54) is 6.42 Å². The highest BCUT2D eigenvalue weighted by molar-refractivity contribution is 5.03. The molecular weight excluding hydrogens is 164 g/mol. The molecule has 1 aliphatic carbocycles. The molecule has 3 nitrogen and oxygen atoms in total. The summed E-state index contributed by atoms with van der Waals surface area (Å²) in [4.78, 5) is 4.29. The number of aryl methyl sites for hydroxylation is 1. The van der Waals surface area contributed by atoms with Gasteiger partial charge in [0, 0.05) is 25.4 Å². The Balaban J connectivity index is 2.19. The van der Waals surface area contributed by atoms with Crippen molar-refractivity contribution in [2.75, 3.05) is 0 Å². The van der Waals surface area contributed by atoms with E-state index in [9.17, 15) is 5.11 Å². The van der Waals surface area contributed by atoms with Gasteiger partial charge in [0.2, 0.25) is 0 Å². The third-order valence-corrected chi connectivity index (χ3v) is 2.92. The van der Waals surface area contributed by atoms with Gasteiger partial charge in [0.05, 0.1) is 6.10 Å². The van der Waals surface area contributed by atoms with Crippen molar-refractivity contribution in [3.63, 3.8) is 0 Å². The van der Waals surface area contributed by atoms with Gasteiger partial charge in [-0.05, 0) is 12.8 Å². The highest BCUT2D eigenvalue weighted by atomic mass is 16.3. The Morgan fingerprint density at radius 1 is 1.46 bits per heavy atom. The van der Waals surface area contributed by atoms with Crippen LogP contribution in [0, 0.1) is 0 Å². The fourth-order valence-corrected chi connectivity index (χ4v) is 2.15. The summed E-state index contributed by atoms with van der Waals surface area (Å²) < 4.78 is 2.01. The molecule has 3 heteroatoms. The summed E-state index contributed by atoms with van der Waals surface area (Å²) in [6.45, 7) is 0. The lowest BCUT2D eigenvalue weighted by molar-refractivity contribution is 0.101. The number of imidazole rings is 1. The summed E-state index contributed by atoms with van der Waals surface area (Å²) in [5, 5.41) is 9.81. The van der Waals surface area contributed by atoms with Crippen LogP contribution in [0.5, 0.6) is 0 Å². The van der Waals surface area contributed by atoms with Gasteiger partial charge in [0.1, 0.15) is 5.82 Å². The van der Waals surface area contributed by atoms with Crippen LogP contribution >= 0.6 is 0 Å². The predicted molar refractivity (Wildman–Crippen MR) is 50.4 cm³/mol. The second-order valence-corrected chi connectivity index (χ2v) is 3.85. The number of hydrogen-bond donors (Lipinski definition) is 1. The zero-order valence-electron chi connectivity index (χ0n) is 7.98. The SMILES string of the molecule is Cn1ccnc1C1CCCCC1O. The van der Waals surface area contributed by atoms with E-state index in [1.807, 2.05) is 17.8 Å². The van der Waals surface area contributed by atoms with Crippen LogP contribution in [0.1, 0.15) is 37.4 Å². The fraction of sp³-hybridized carbons (Fsp3) is 0.700. The Hall–Kier alpha value is -0.830. The van der Waals surface area contributed by atoms with Crippen molar-refractivity contribution in [3.05, 3.63) is 18.2 Å². The van der Waals surface area contributed by atoms with E-state index < -0.39 is 0 Å². The minimum absolute atomic E-state index is 0.185. The summed E-state index contributed by atoms with van der Waals surface area (Å²) in [5.41, 5.74) is 0. The van der Waals surface area contributed by atoms with E-state index >= 15 is 0 Å². The van der Waals surface area contributed by atoms with Crippen LogP contribution in [0.2, 0.25) is 0 Å². The molecule has 0 aromatic carbocycles. The molecule has 1 aliphatic rings. The van der Waals surface area contributed by atoms with Crippen molar-refractivity contribution >= 4 is 0 Å². The molecule has 2 unspecified atom stereocenters. The van der Waals surface area contributed by atoms with E-state index in [4.69, 9.17) is 0 Å². The molecule has 0 bridgehead atoms. The summed E-state index contributed by atoms with van der Waals surface area (Å²) in [6, 6.07) is 0. The zero-order valence-corrected chi connectivity index (χ0v) is 7.98. The van der Waals surface area contributed by atoms with Crippen molar-refractivity contribution in [1.82, 2.24) is 9.55 Å². The molecule has 1 heterocycles. The zero-order chi connectivity index (χ0) is 9.26. The average Bonchev–Trinajstić information content (AvgIpc) is 2.52. The van der Waals surface area contributed by atoms with E-state index in [2.05, 4.69) is 4.98 Å². The highest BCUT2D eigenvalue weighted by Crippen LogP contribution is 2.31. The summed E-state index contributed by atoms with van der Waals surface area (Å²) in [6.07, 6.45) is 7.93. The van der Waals surface area contributed by atoms with Gasteiger partial charge < -0.3 is 9.67 Å². The van der Waals surface area contributed by atoms with E-state index in [0.717, 1.165) is 25.1 Å². The molecule has 0 saturated heterocycles. The maximum absolute atomic E-state index is 9.81. The largest absolute Gasteiger partial charge is 0.392 e. The normalized spacial score (nSPS) is 29.1. The van der Waals surface area contributed by atoms with Crippen LogP contribution in [0.3, 0.4) is 0 Å². The van der Waals surface area contributed by atoms with Crippen LogP contribution in [-0.2, 0) is 7.05 Å². The molecule has 0 amide bonds. The van der Waals surface area contributed by atoms with Gasteiger partial charge in [-0.25, -0.2) is 4.98 Å². The number of hydrogen-bond acceptors (Lipinski definition) is 2. The van der Waals surface area contributed by atoms with E-state index in [0.29, 0.717) is 0 Å². The third-order valence-electron chi connectivity index (χ3n) is 2.92. The van der Waals surface area contributed by atoms with Gasteiger partial charge in [-0.2, -0.15) is 0 Å². The summed E-state index contributed by atoms with van der Waals surface area (Å²) in [7, 11) is 1.99. The van der Waals surface area contributed by atoms with Crippen molar-refractivity contribution in [1.29, 1.82) is 0 Å². The number of rotatable bonds is 1. The van der Waals surface area contributed by atoms with Crippen LogP contribution < -0.4 is 0 Å². The Morgan fingerprint density at radius 2 is 2.23 bits per heavy atom. The number of aliphatic hydroxyl groups excluding tert-OH is 1. The third kappa shape index (κ3) is 1.61. The van der Waals surface area contributed by atoms with Gasteiger partial charge in [0.25, 0.3) is 0 Å². The maximum atomic E-state index is 9.81. The molecule has 0 spiro atoms. The Labute approximate surface area is 78.4 Å². The first-order chi connectivity index (χ1) is 6.29. The first-order valence-corrected chi connectivity index (χ1v) is 4.94. The molecular formula is C10H16N2O. The standard InChI is InChI=1S/C10H16N2O/c1-12-7-6-11-10(12)8-4-2-3-5-9(8)13/h6-9,13H,2-5H2,1H3. The molecule has 1 N–H and O–H groups in total. The van der Waals surface area contributed by atoms with E-state index in [1.54, 1.807) is 6.20 Å². The highest BCUT2D eigenvalue weighted by Gasteiger charge is 2.27. The maximum Gasteiger partial charge on any atom is 0.114 e. The van der Waals surface area contributed by atoms with Crippen molar-refractivity contribution in [2.45, 2.75) is 37.7 Å². The van der Waals surface area contributed by atoms with Gasteiger partial charge in [-0.3, -0.25) is 0 Å². The molecule has 1 saturated carbocycles. The van der Waals surface area contributed by atoms with Crippen molar-refractivity contribution in [3.8, 4) is 0 Å². The first kappa shape index (κ1) is 8.75. The van der Waals surface area contributed by atoms with Crippen LogP contribution in [0.15, 0.2) is 12.4 Å². The fourth-order valence-electron chi connectivity index (χ4n) is 2.15. The molecule has 0 aliphatic heterocycles. The Bertz CT molecular complexity index is 282. The summed E-state index contributed by atoms with van der Waals surface area (Å²) >= 11 is 0. The lowest BCUT2D eigenvalue weighted by Gasteiger charge is -2.26. The number of aromatic nitrogens is 2. The van der Waals surface area contributed by atoms with Crippen LogP contribution in [-0.4, -0.2) is 20.8 Å². The molecule has 0 radical (unpaired) electrons. The number of aliphatic hydroxyl groups is 1. The van der Waals surface area contributed by atoms with Gasteiger partial charge >= 0.3 is 0 Å². The smallest absolute Gasteiger partial charge is 0.114 e. The minimum Gasteiger partial charge on any atom is -0.392 e. The molecule has 72 valence electrons. The van der Waals surface area contributed by atoms with Crippen molar-refractivity contribution in [2.24, 2.45) is 7.05 Å². The lowest BCUT2D eigenvalue weighted by Crippen LogP contribution is -2.24. The first-order valence-electron chi connectivity index (χ1n) is 4.94. The molecule has 1 aromatic heterocycles. The Morgan fingerprint density at radius 3 is 2.85 bits per heavy atom. The monoisotopic (exact) mass is 180 g/mol. The minimum atomic E-state index is -0.185. The topological polar surface area (TPSA) is 38.0 Å². The lowest BCUT2D eigenvalue weighted by atomic mass is 9.86. The molecule has 1 fully saturated rings. The molecule has 2 atom stereocenters. The van der Waals surface area contributed by atoms with Crippen molar-refractivity contribution < 1.29 is 5.11 Å². The van der Waals surface area contributed by atoms with Gasteiger partial charge in [0.15, 0.2) is 0 Å².